The van der Waals surface area contributed by atoms with Crippen molar-refractivity contribution in [2.45, 2.75) is 97.3 Å². The lowest BCUT2D eigenvalue weighted by atomic mass is 9.78. The van der Waals surface area contributed by atoms with Gasteiger partial charge in [-0.25, -0.2) is 0 Å². The molecule has 1 aliphatic rings. The first-order valence-electron chi connectivity index (χ1n) is 12.2. The van der Waals surface area contributed by atoms with Crippen LogP contribution in [0.2, 0.25) is 0 Å². The second-order valence-electron chi connectivity index (χ2n) is 9.09. The minimum absolute atomic E-state index is 0.898. The van der Waals surface area contributed by atoms with Gasteiger partial charge in [0.2, 0.25) is 0 Å². The van der Waals surface area contributed by atoms with Gasteiger partial charge in [0.25, 0.3) is 0 Å². The van der Waals surface area contributed by atoms with Gasteiger partial charge in [0.1, 0.15) is 0 Å². The number of unbranched alkanes of at least 4 members (excludes halogenated alkanes) is 4. The van der Waals surface area contributed by atoms with Gasteiger partial charge in [-0.05, 0) is 48.8 Å². The molecule has 1 heterocycles. The third-order valence-electron chi connectivity index (χ3n) is 6.87. The summed E-state index contributed by atoms with van der Waals surface area (Å²) in [6.45, 7) is 4.48. The molecule has 1 aromatic carbocycles. The molecule has 158 valence electrons. The van der Waals surface area contributed by atoms with E-state index < -0.39 is 0 Å². The van der Waals surface area contributed by atoms with Crippen LogP contribution in [0.1, 0.15) is 95.7 Å². The second-order valence-corrected chi connectivity index (χ2v) is 9.09. The Kier molecular flexibility index (Phi) is 9.18. The number of nitrogens with zero attached hydrogens (tertiary/aromatic N) is 2. The molecule has 29 heavy (non-hydrogen) atoms. The number of aromatic nitrogens is 2. The molecular weight excluding hydrogens is 352 g/mol. The molecule has 1 saturated carbocycles. The highest BCUT2D eigenvalue weighted by molar-refractivity contribution is 5.58. The Morgan fingerprint density at radius 2 is 1.41 bits per heavy atom. The zero-order valence-corrected chi connectivity index (χ0v) is 18.7. The number of hydrogen-bond donors (Lipinski definition) is 0. The van der Waals surface area contributed by atoms with Crippen LogP contribution in [0.4, 0.5) is 0 Å². The van der Waals surface area contributed by atoms with Crippen molar-refractivity contribution >= 4 is 0 Å². The summed E-state index contributed by atoms with van der Waals surface area (Å²) >= 11 is 0. The largest absolute Gasteiger partial charge is 0.155 e. The second kappa shape index (κ2) is 12.1. The van der Waals surface area contributed by atoms with Gasteiger partial charge in [-0.3, -0.25) is 0 Å². The van der Waals surface area contributed by atoms with E-state index >= 15 is 0 Å². The average Bonchev–Trinajstić information content (AvgIpc) is 2.79. The van der Waals surface area contributed by atoms with Gasteiger partial charge in [-0.1, -0.05) is 102 Å². The van der Waals surface area contributed by atoms with E-state index in [1.807, 2.05) is 0 Å². The van der Waals surface area contributed by atoms with E-state index in [1.54, 1.807) is 0 Å². The summed E-state index contributed by atoms with van der Waals surface area (Å²) in [6.07, 6.45) is 17.8. The molecule has 0 radical (unpaired) electrons. The van der Waals surface area contributed by atoms with E-state index in [2.05, 4.69) is 60.4 Å². The number of rotatable bonds is 11. The fourth-order valence-electron chi connectivity index (χ4n) is 4.76. The fraction of sp³-hybridized carbons (Fsp3) is 0.630. The summed E-state index contributed by atoms with van der Waals surface area (Å²) < 4.78 is 0. The predicted molar refractivity (Wildman–Crippen MR) is 124 cm³/mol. The molecule has 3 rings (SSSR count). The third kappa shape index (κ3) is 7.24. The Morgan fingerprint density at radius 3 is 2.03 bits per heavy atom. The van der Waals surface area contributed by atoms with Crippen LogP contribution < -0.4 is 0 Å². The van der Waals surface area contributed by atoms with Crippen LogP contribution in [-0.4, -0.2) is 10.2 Å². The summed E-state index contributed by atoms with van der Waals surface area (Å²) in [4.78, 5) is 0. The van der Waals surface area contributed by atoms with E-state index in [0.29, 0.717) is 0 Å². The zero-order chi connectivity index (χ0) is 20.3. The van der Waals surface area contributed by atoms with Crippen molar-refractivity contribution in [1.82, 2.24) is 10.2 Å². The molecule has 1 fully saturated rings. The smallest absolute Gasteiger partial charge is 0.0929 e. The van der Waals surface area contributed by atoms with Gasteiger partial charge >= 0.3 is 0 Å². The Labute approximate surface area is 178 Å². The maximum absolute atomic E-state index is 4.51. The third-order valence-corrected chi connectivity index (χ3v) is 6.87. The van der Waals surface area contributed by atoms with Crippen molar-refractivity contribution in [2.75, 3.05) is 0 Å². The molecule has 0 amide bonds. The maximum Gasteiger partial charge on any atom is 0.0929 e. The van der Waals surface area contributed by atoms with Crippen LogP contribution in [0.15, 0.2) is 36.4 Å². The molecule has 2 aromatic rings. The normalized spacial score (nSPS) is 19.4. The highest BCUT2D eigenvalue weighted by atomic mass is 15.1. The topological polar surface area (TPSA) is 25.8 Å². The molecule has 2 nitrogen and oxygen atoms in total. The molecule has 2 heteroatoms. The summed E-state index contributed by atoms with van der Waals surface area (Å²) in [7, 11) is 0. The van der Waals surface area contributed by atoms with E-state index in [4.69, 9.17) is 0 Å². The van der Waals surface area contributed by atoms with Crippen molar-refractivity contribution in [3.8, 4) is 11.3 Å². The molecular formula is C27H40N2. The molecule has 0 unspecified atom stereocenters. The Bertz CT molecular complexity index is 681. The highest BCUT2D eigenvalue weighted by Crippen LogP contribution is 2.34. The van der Waals surface area contributed by atoms with Gasteiger partial charge < -0.3 is 0 Å². The SMILES string of the molecule is CCCCCCCC1CCC(CCc2ccc(-c3ccc(CC)cc3)nn2)CC1. The number of benzene rings is 1. The average molecular weight is 393 g/mol. The monoisotopic (exact) mass is 392 g/mol. The summed E-state index contributed by atoms with van der Waals surface area (Å²) in [5.74, 6) is 1.90. The zero-order valence-electron chi connectivity index (χ0n) is 18.7. The van der Waals surface area contributed by atoms with E-state index in [0.717, 1.165) is 41.6 Å². The molecule has 0 aliphatic heterocycles. The number of hydrogen-bond acceptors (Lipinski definition) is 2. The van der Waals surface area contributed by atoms with Gasteiger partial charge in [0, 0.05) is 5.56 Å². The molecule has 1 aliphatic carbocycles. The predicted octanol–water partition coefficient (Wildman–Crippen LogP) is 7.81. The van der Waals surface area contributed by atoms with Gasteiger partial charge in [0.05, 0.1) is 11.4 Å². The van der Waals surface area contributed by atoms with Crippen LogP contribution >= 0.6 is 0 Å². The quantitative estimate of drug-likeness (QED) is 0.364. The first kappa shape index (κ1) is 22.0. The first-order chi connectivity index (χ1) is 14.3. The Morgan fingerprint density at radius 1 is 0.724 bits per heavy atom. The fourth-order valence-corrected chi connectivity index (χ4v) is 4.76. The standard InChI is InChI=1S/C27H40N2/c1-3-5-6-7-8-9-23-10-12-24(13-11-23)16-19-26-20-21-27(29-28-26)25-17-14-22(4-2)15-18-25/h14-15,17-18,20-21,23-24H,3-13,16,19H2,1-2H3. The van der Waals surface area contributed by atoms with Crippen molar-refractivity contribution in [3.05, 3.63) is 47.7 Å². The van der Waals surface area contributed by atoms with Crippen molar-refractivity contribution in [1.29, 1.82) is 0 Å². The van der Waals surface area contributed by atoms with E-state index in [1.165, 1.54) is 76.2 Å². The van der Waals surface area contributed by atoms with Gasteiger partial charge in [-0.15, -0.1) is 0 Å². The molecule has 0 spiro atoms. The lowest BCUT2D eigenvalue weighted by molar-refractivity contribution is 0.248. The molecule has 0 N–H and O–H groups in total. The summed E-state index contributed by atoms with van der Waals surface area (Å²) in [6, 6.07) is 13.0. The van der Waals surface area contributed by atoms with E-state index in [-0.39, 0.29) is 0 Å². The lowest BCUT2D eigenvalue weighted by Gasteiger charge is -2.28. The molecule has 0 saturated heterocycles. The summed E-state index contributed by atoms with van der Waals surface area (Å²) in [5.41, 5.74) is 4.66. The lowest BCUT2D eigenvalue weighted by Crippen LogP contribution is -2.15. The Hall–Kier alpha value is -1.70. The van der Waals surface area contributed by atoms with Crippen LogP contribution in [0.25, 0.3) is 11.3 Å². The van der Waals surface area contributed by atoms with E-state index in [9.17, 15) is 0 Å². The van der Waals surface area contributed by atoms with Gasteiger partial charge in [0.15, 0.2) is 0 Å². The minimum Gasteiger partial charge on any atom is -0.155 e. The van der Waals surface area contributed by atoms with Crippen LogP contribution in [-0.2, 0) is 12.8 Å². The Balaban J connectivity index is 1.36. The van der Waals surface area contributed by atoms with Crippen LogP contribution in [0, 0.1) is 11.8 Å². The first-order valence-corrected chi connectivity index (χ1v) is 12.2. The van der Waals surface area contributed by atoms with Crippen molar-refractivity contribution in [3.63, 3.8) is 0 Å². The maximum atomic E-state index is 4.51. The minimum atomic E-state index is 0.898. The van der Waals surface area contributed by atoms with Crippen LogP contribution in [0.5, 0.6) is 0 Å². The van der Waals surface area contributed by atoms with Crippen molar-refractivity contribution in [2.24, 2.45) is 11.8 Å². The number of aryl methyl sites for hydroxylation is 2. The van der Waals surface area contributed by atoms with Gasteiger partial charge in [-0.2, -0.15) is 10.2 Å². The highest BCUT2D eigenvalue weighted by Gasteiger charge is 2.20. The van der Waals surface area contributed by atoms with Crippen LogP contribution in [0.3, 0.4) is 0 Å². The molecule has 1 aromatic heterocycles. The van der Waals surface area contributed by atoms with Crippen molar-refractivity contribution < 1.29 is 0 Å². The summed E-state index contributed by atoms with van der Waals surface area (Å²) in [5, 5.41) is 9.00. The molecule has 0 bridgehead atoms. The molecule has 0 atom stereocenters.